The average Bonchev–Trinajstić information content (AvgIpc) is 2.61. The quantitative estimate of drug-likeness (QED) is 0.521. The van der Waals surface area contributed by atoms with Crippen molar-refractivity contribution in [3.63, 3.8) is 0 Å². The first-order valence-electron chi connectivity index (χ1n) is 4.88. The Balaban J connectivity index is 2.04. The highest BCUT2D eigenvalue weighted by Crippen LogP contribution is 2.36. The molecule has 0 aliphatic heterocycles. The number of rotatable bonds is 0. The maximum Gasteiger partial charge on any atom is 0.00566 e. The van der Waals surface area contributed by atoms with Gasteiger partial charge >= 0.3 is 0 Å². The second-order valence-electron chi connectivity index (χ2n) is 3.84. The molecule has 13 heavy (non-hydrogen) atoms. The van der Waals surface area contributed by atoms with E-state index in [-0.39, 0.29) is 0 Å². The molecule has 0 spiro atoms. The molecule has 0 aromatic heterocycles. The van der Waals surface area contributed by atoms with E-state index in [2.05, 4.69) is 48.6 Å². The Morgan fingerprint density at radius 2 is 1.77 bits per heavy atom. The molecule has 0 heteroatoms. The van der Waals surface area contributed by atoms with Gasteiger partial charge in [0, 0.05) is 11.8 Å². The highest BCUT2D eigenvalue weighted by atomic mass is 14.3. The van der Waals surface area contributed by atoms with Crippen LogP contribution in [0.1, 0.15) is 6.42 Å². The third-order valence-corrected chi connectivity index (χ3v) is 2.99. The number of allylic oxidation sites excluding steroid dienone is 10. The van der Waals surface area contributed by atoms with Crippen LogP contribution in [0.5, 0.6) is 0 Å². The summed E-state index contributed by atoms with van der Waals surface area (Å²) in [6, 6.07) is 0. The molecule has 0 fully saturated rings. The van der Waals surface area contributed by atoms with E-state index in [0.29, 0.717) is 11.8 Å². The molecule has 2 atom stereocenters. The van der Waals surface area contributed by atoms with E-state index in [1.165, 1.54) is 11.1 Å². The van der Waals surface area contributed by atoms with Gasteiger partial charge in [0.25, 0.3) is 0 Å². The molecule has 0 saturated heterocycles. The molecule has 0 radical (unpaired) electrons. The van der Waals surface area contributed by atoms with Crippen LogP contribution in [-0.2, 0) is 0 Å². The predicted octanol–water partition coefficient (Wildman–Crippen LogP) is 3.17. The third kappa shape index (κ3) is 1.06. The predicted molar refractivity (Wildman–Crippen MR) is 55.2 cm³/mol. The van der Waals surface area contributed by atoms with E-state index < -0.39 is 0 Å². The lowest BCUT2D eigenvalue weighted by molar-refractivity contribution is 0.650. The van der Waals surface area contributed by atoms with Crippen LogP contribution in [0.25, 0.3) is 0 Å². The van der Waals surface area contributed by atoms with Crippen LogP contribution in [0, 0.1) is 11.8 Å². The summed E-state index contributed by atoms with van der Waals surface area (Å²) in [7, 11) is 0. The van der Waals surface area contributed by atoms with E-state index >= 15 is 0 Å². The van der Waals surface area contributed by atoms with E-state index in [1.807, 2.05) is 0 Å². The maximum absolute atomic E-state index is 2.42. The van der Waals surface area contributed by atoms with Crippen molar-refractivity contribution in [1.29, 1.82) is 0 Å². The molecule has 0 amide bonds. The van der Waals surface area contributed by atoms with Gasteiger partial charge in [-0.3, -0.25) is 0 Å². The molecule has 3 aliphatic carbocycles. The topological polar surface area (TPSA) is 0 Å². The highest BCUT2D eigenvalue weighted by molar-refractivity contribution is 5.51. The minimum absolute atomic E-state index is 0.603. The van der Waals surface area contributed by atoms with Crippen molar-refractivity contribution in [3.05, 3.63) is 59.8 Å². The number of hydrogen-bond donors (Lipinski definition) is 0. The van der Waals surface area contributed by atoms with Gasteiger partial charge in [-0.05, 0) is 17.6 Å². The van der Waals surface area contributed by atoms with Gasteiger partial charge in [0.15, 0.2) is 0 Å². The lowest BCUT2D eigenvalue weighted by atomic mass is 9.80. The summed E-state index contributed by atoms with van der Waals surface area (Å²) in [6.45, 7) is 0. The Morgan fingerprint density at radius 1 is 1.00 bits per heavy atom. The summed E-state index contributed by atoms with van der Waals surface area (Å²) >= 11 is 0. The number of fused-ring (bicyclic) bond motifs is 2. The van der Waals surface area contributed by atoms with E-state index in [4.69, 9.17) is 0 Å². The third-order valence-electron chi connectivity index (χ3n) is 2.99. The van der Waals surface area contributed by atoms with Crippen LogP contribution in [0.2, 0.25) is 0 Å². The fourth-order valence-electron chi connectivity index (χ4n) is 2.28. The molecule has 0 aromatic carbocycles. The standard InChI is InChI=1S/C13H12/c1-2-5-11-9-13-7-3-6-12(13)8-10(11)4-1/h1-6,8-11H,7H2. The zero-order valence-corrected chi connectivity index (χ0v) is 7.48. The smallest absolute Gasteiger partial charge is 0.00566 e. The van der Waals surface area contributed by atoms with Gasteiger partial charge in [0.05, 0.1) is 0 Å². The Morgan fingerprint density at radius 3 is 2.62 bits per heavy atom. The second kappa shape index (κ2) is 2.59. The zero-order valence-electron chi connectivity index (χ0n) is 7.48. The summed E-state index contributed by atoms with van der Waals surface area (Å²) < 4.78 is 0. The van der Waals surface area contributed by atoms with Gasteiger partial charge in [-0.2, -0.15) is 0 Å². The molecule has 0 aromatic rings. The van der Waals surface area contributed by atoms with Gasteiger partial charge in [-0.1, -0.05) is 48.6 Å². The van der Waals surface area contributed by atoms with Gasteiger partial charge in [-0.15, -0.1) is 0 Å². The minimum Gasteiger partial charge on any atom is -0.0795 e. The maximum atomic E-state index is 2.42. The van der Waals surface area contributed by atoms with Gasteiger partial charge in [0.2, 0.25) is 0 Å². The first kappa shape index (κ1) is 7.14. The fraction of sp³-hybridized carbons (Fsp3) is 0.231. The highest BCUT2D eigenvalue weighted by Gasteiger charge is 2.22. The molecule has 0 N–H and O–H groups in total. The molecule has 0 heterocycles. The van der Waals surface area contributed by atoms with Crippen LogP contribution in [0.4, 0.5) is 0 Å². The molecule has 64 valence electrons. The molecule has 3 rings (SSSR count). The monoisotopic (exact) mass is 168 g/mol. The largest absolute Gasteiger partial charge is 0.0795 e. The van der Waals surface area contributed by atoms with E-state index in [1.54, 1.807) is 0 Å². The molecular weight excluding hydrogens is 156 g/mol. The van der Waals surface area contributed by atoms with Crippen molar-refractivity contribution < 1.29 is 0 Å². The first-order chi connectivity index (χ1) is 6.43. The Kier molecular flexibility index (Phi) is 1.42. The van der Waals surface area contributed by atoms with Crippen molar-refractivity contribution in [2.45, 2.75) is 6.42 Å². The lowest BCUT2D eigenvalue weighted by Crippen LogP contribution is -2.12. The van der Waals surface area contributed by atoms with E-state index in [9.17, 15) is 0 Å². The second-order valence-corrected chi connectivity index (χ2v) is 3.84. The van der Waals surface area contributed by atoms with E-state index in [0.717, 1.165) is 6.42 Å². The van der Waals surface area contributed by atoms with Crippen LogP contribution in [0.15, 0.2) is 59.8 Å². The van der Waals surface area contributed by atoms with Crippen LogP contribution < -0.4 is 0 Å². The summed E-state index contributed by atoms with van der Waals surface area (Å²) in [5, 5.41) is 0. The molecule has 0 saturated carbocycles. The van der Waals surface area contributed by atoms with Crippen LogP contribution in [-0.4, -0.2) is 0 Å². The Bertz CT molecular complexity index is 375. The van der Waals surface area contributed by atoms with Gasteiger partial charge in [0.1, 0.15) is 0 Å². The van der Waals surface area contributed by atoms with Crippen molar-refractivity contribution in [1.82, 2.24) is 0 Å². The SMILES string of the molecule is C1=CC2C=C3C=CCC3=CC2C=C1. The first-order valence-corrected chi connectivity index (χ1v) is 4.88. The fourth-order valence-corrected chi connectivity index (χ4v) is 2.28. The summed E-state index contributed by atoms with van der Waals surface area (Å²) in [5.74, 6) is 1.22. The molecule has 0 nitrogen and oxygen atoms in total. The van der Waals surface area contributed by atoms with Crippen molar-refractivity contribution in [2.75, 3.05) is 0 Å². The minimum atomic E-state index is 0.603. The summed E-state index contributed by atoms with van der Waals surface area (Å²) in [5.41, 5.74) is 2.96. The van der Waals surface area contributed by atoms with Crippen molar-refractivity contribution in [2.24, 2.45) is 11.8 Å². The van der Waals surface area contributed by atoms with Gasteiger partial charge in [-0.25, -0.2) is 0 Å². The lowest BCUT2D eigenvalue weighted by Gasteiger charge is -2.24. The van der Waals surface area contributed by atoms with Crippen LogP contribution >= 0.6 is 0 Å². The zero-order chi connectivity index (χ0) is 8.67. The van der Waals surface area contributed by atoms with Crippen molar-refractivity contribution in [3.8, 4) is 0 Å². The van der Waals surface area contributed by atoms with Gasteiger partial charge < -0.3 is 0 Å². The summed E-state index contributed by atoms with van der Waals surface area (Å²) in [4.78, 5) is 0. The summed E-state index contributed by atoms with van der Waals surface area (Å²) in [6.07, 6.45) is 19.3. The Labute approximate surface area is 78.7 Å². The molecule has 2 unspecified atom stereocenters. The normalized spacial score (nSPS) is 33.8. The van der Waals surface area contributed by atoms with Crippen molar-refractivity contribution >= 4 is 0 Å². The number of hydrogen-bond acceptors (Lipinski definition) is 0. The van der Waals surface area contributed by atoms with Crippen LogP contribution in [0.3, 0.4) is 0 Å². The molecule has 3 aliphatic rings. The Hall–Kier alpha value is -1.30. The average molecular weight is 168 g/mol. The molecular formula is C13H12. The molecule has 0 bridgehead atoms.